The van der Waals surface area contributed by atoms with Crippen molar-refractivity contribution in [3.63, 3.8) is 0 Å². The molecule has 0 aliphatic heterocycles. The van der Waals surface area contributed by atoms with E-state index >= 15 is 0 Å². The monoisotopic (exact) mass is 339 g/mol. The van der Waals surface area contributed by atoms with E-state index in [9.17, 15) is 4.39 Å². The van der Waals surface area contributed by atoms with Crippen molar-refractivity contribution >= 4 is 27.3 Å². The van der Waals surface area contributed by atoms with Crippen LogP contribution in [0, 0.1) is 5.82 Å². The first-order valence-electron chi connectivity index (χ1n) is 6.48. The van der Waals surface area contributed by atoms with E-state index in [2.05, 4.69) is 27.3 Å². The maximum Gasteiger partial charge on any atom is 0.123 e. The summed E-state index contributed by atoms with van der Waals surface area (Å²) in [5.41, 5.74) is 2.56. The van der Waals surface area contributed by atoms with E-state index < -0.39 is 0 Å². The van der Waals surface area contributed by atoms with Crippen molar-refractivity contribution < 1.29 is 4.39 Å². The summed E-state index contributed by atoms with van der Waals surface area (Å²) in [6.45, 7) is 0.790. The molecular weight excluding hydrogens is 325 g/mol. The van der Waals surface area contributed by atoms with E-state index in [0.717, 1.165) is 12.1 Å². The predicted molar refractivity (Wildman–Crippen MR) is 80.9 cm³/mol. The number of nitrogens with one attached hydrogen (secondary N) is 1. The van der Waals surface area contributed by atoms with Gasteiger partial charge >= 0.3 is 0 Å². The standard InChI is InChI=1S/C15H15BrFNS/c16-15-8-12-13(2-1-3-14(12)19-15)18-9-10-4-6-11(17)7-5-10/h4-8,13,18H,1-3,9H2. The van der Waals surface area contributed by atoms with Gasteiger partial charge in [0.05, 0.1) is 3.79 Å². The minimum Gasteiger partial charge on any atom is -0.306 e. The molecule has 1 unspecified atom stereocenters. The van der Waals surface area contributed by atoms with Gasteiger partial charge in [-0.3, -0.25) is 0 Å². The lowest BCUT2D eigenvalue weighted by Gasteiger charge is -2.23. The molecule has 0 bridgehead atoms. The number of hydrogen-bond acceptors (Lipinski definition) is 2. The third-order valence-corrected chi connectivity index (χ3v) is 5.26. The van der Waals surface area contributed by atoms with Crippen molar-refractivity contribution in [1.82, 2.24) is 5.32 Å². The van der Waals surface area contributed by atoms with Crippen molar-refractivity contribution in [3.05, 3.63) is 55.9 Å². The summed E-state index contributed by atoms with van der Waals surface area (Å²) < 4.78 is 14.1. The van der Waals surface area contributed by atoms with Crippen LogP contribution in [0.3, 0.4) is 0 Å². The van der Waals surface area contributed by atoms with Crippen LogP contribution < -0.4 is 5.32 Å². The largest absolute Gasteiger partial charge is 0.306 e. The zero-order valence-corrected chi connectivity index (χ0v) is 12.9. The van der Waals surface area contributed by atoms with Gasteiger partial charge in [0.2, 0.25) is 0 Å². The van der Waals surface area contributed by atoms with Crippen molar-refractivity contribution in [3.8, 4) is 0 Å². The molecule has 19 heavy (non-hydrogen) atoms. The molecule has 0 fully saturated rings. The van der Waals surface area contributed by atoms with E-state index in [1.807, 2.05) is 23.5 Å². The van der Waals surface area contributed by atoms with Crippen LogP contribution in [0.4, 0.5) is 4.39 Å². The summed E-state index contributed by atoms with van der Waals surface area (Å²) in [7, 11) is 0. The molecule has 1 aliphatic carbocycles. The van der Waals surface area contributed by atoms with Crippen LogP contribution in [0.15, 0.2) is 34.1 Å². The molecule has 0 spiro atoms. The summed E-state index contributed by atoms with van der Waals surface area (Å²) in [4.78, 5) is 1.50. The highest BCUT2D eigenvalue weighted by molar-refractivity contribution is 9.11. The average molecular weight is 340 g/mol. The quantitative estimate of drug-likeness (QED) is 0.845. The third kappa shape index (κ3) is 3.07. The van der Waals surface area contributed by atoms with Gasteiger partial charge in [0.1, 0.15) is 5.82 Å². The molecule has 1 atom stereocenters. The molecule has 1 nitrogen and oxygen atoms in total. The van der Waals surface area contributed by atoms with Crippen molar-refractivity contribution in [2.45, 2.75) is 31.8 Å². The molecule has 1 aromatic carbocycles. The lowest BCUT2D eigenvalue weighted by molar-refractivity contribution is 0.463. The second-order valence-electron chi connectivity index (χ2n) is 4.88. The second-order valence-corrected chi connectivity index (χ2v) is 7.40. The fourth-order valence-electron chi connectivity index (χ4n) is 2.58. The van der Waals surface area contributed by atoms with Gasteiger partial charge in [-0.1, -0.05) is 12.1 Å². The zero-order chi connectivity index (χ0) is 13.2. The Balaban J connectivity index is 1.69. The molecule has 1 aromatic heterocycles. The highest BCUT2D eigenvalue weighted by atomic mass is 79.9. The topological polar surface area (TPSA) is 12.0 Å². The van der Waals surface area contributed by atoms with Gasteiger partial charge in [-0.15, -0.1) is 11.3 Å². The summed E-state index contributed by atoms with van der Waals surface area (Å²) in [5, 5.41) is 3.59. The van der Waals surface area contributed by atoms with Gasteiger partial charge in [0, 0.05) is 17.5 Å². The Morgan fingerprint density at radius 3 is 2.89 bits per heavy atom. The first kappa shape index (κ1) is 13.3. The number of rotatable bonds is 3. The average Bonchev–Trinajstić information content (AvgIpc) is 2.79. The van der Waals surface area contributed by atoms with E-state index in [1.54, 1.807) is 0 Å². The van der Waals surface area contributed by atoms with Crippen LogP contribution in [0.25, 0.3) is 0 Å². The Bertz CT molecular complexity index is 564. The molecule has 0 radical (unpaired) electrons. The predicted octanol–water partition coefficient (Wildman–Crippen LogP) is 4.82. The van der Waals surface area contributed by atoms with Crippen LogP contribution in [0.2, 0.25) is 0 Å². The molecule has 1 N–H and O–H groups in total. The number of aryl methyl sites for hydroxylation is 1. The highest BCUT2D eigenvalue weighted by Gasteiger charge is 2.22. The second kappa shape index (κ2) is 5.73. The SMILES string of the molecule is Fc1ccc(CNC2CCCc3sc(Br)cc32)cc1. The third-order valence-electron chi connectivity index (χ3n) is 3.55. The van der Waals surface area contributed by atoms with Crippen LogP contribution in [0.5, 0.6) is 0 Å². The van der Waals surface area contributed by atoms with Crippen molar-refractivity contribution in [2.75, 3.05) is 0 Å². The van der Waals surface area contributed by atoms with Crippen LogP contribution in [-0.4, -0.2) is 0 Å². The van der Waals surface area contributed by atoms with E-state index in [4.69, 9.17) is 0 Å². The number of benzene rings is 1. The number of hydrogen-bond donors (Lipinski definition) is 1. The minimum atomic E-state index is -0.175. The summed E-state index contributed by atoms with van der Waals surface area (Å²) in [6, 6.07) is 9.39. The first-order chi connectivity index (χ1) is 9.22. The minimum absolute atomic E-state index is 0.175. The van der Waals surface area contributed by atoms with E-state index in [1.165, 1.54) is 45.6 Å². The van der Waals surface area contributed by atoms with Crippen LogP contribution >= 0.6 is 27.3 Å². The normalized spacial score (nSPS) is 18.3. The summed E-state index contributed by atoms with van der Waals surface area (Å²) in [5.74, 6) is -0.175. The zero-order valence-electron chi connectivity index (χ0n) is 10.5. The molecule has 0 amide bonds. The Kier molecular flexibility index (Phi) is 4.01. The van der Waals surface area contributed by atoms with Gasteiger partial charge in [-0.25, -0.2) is 4.39 Å². The highest BCUT2D eigenvalue weighted by Crippen LogP contribution is 2.38. The fourth-order valence-corrected chi connectivity index (χ4v) is 4.40. The molecule has 1 heterocycles. The Morgan fingerprint density at radius 1 is 1.32 bits per heavy atom. The Morgan fingerprint density at radius 2 is 2.11 bits per heavy atom. The maximum atomic E-state index is 12.9. The van der Waals surface area contributed by atoms with Crippen LogP contribution in [-0.2, 0) is 13.0 Å². The van der Waals surface area contributed by atoms with E-state index in [0.29, 0.717) is 6.04 Å². The Labute approximate surface area is 125 Å². The molecule has 0 saturated carbocycles. The molecule has 0 saturated heterocycles. The molecule has 4 heteroatoms. The van der Waals surface area contributed by atoms with Gasteiger partial charge in [0.25, 0.3) is 0 Å². The van der Waals surface area contributed by atoms with Gasteiger partial charge in [0.15, 0.2) is 0 Å². The molecular formula is C15H15BrFNS. The summed E-state index contributed by atoms with van der Waals surface area (Å²) in [6.07, 6.45) is 3.61. The number of halogens is 2. The van der Waals surface area contributed by atoms with Crippen molar-refractivity contribution in [2.24, 2.45) is 0 Å². The molecule has 3 rings (SSSR count). The summed E-state index contributed by atoms with van der Waals surface area (Å²) >= 11 is 5.42. The number of fused-ring (bicyclic) bond motifs is 1. The van der Waals surface area contributed by atoms with Gasteiger partial charge < -0.3 is 5.32 Å². The van der Waals surface area contributed by atoms with Crippen molar-refractivity contribution in [1.29, 1.82) is 0 Å². The van der Waals surface area contributed by atoms with Gasteiger partial charge in [-0.2, -0.15) is 0 Å². The van der Waals surface area contributed by atoms with Gasteiger partial charge in [-0.05, 0) is 64.5 Å². The fraction of sp³-hybridized carbons (Fsp3) is 0.333. The van der Waals surface area contributed by atoms with E-state index in [-0.39, 0.29) is 5.82 Å². The maximum absolute atomic E-state index is 12.9. The smallest absolute Gasteiger partial charge is 0.123 e. The lowest BCUT2D eigenvalue weighted by Crippen LogP contribution is -2.23. The Hall–Kier alpha value is -0.710. The number of thiophene rings is 1. The first-order valence-corrected chi connectivity index (χ1v) is 8.09. The lowest BCUT2D eigenvalue weighted by atomic mass is 9.94. The van der Waals surface area contributed by atoms with Crippen LogP contribution in [0.1, 0.15) is 34.9 Å². The molecule has 2 aromatic rings. The molecule has 1 aliphatic rings. The molecule has 100 valence electrons.